The van der Waals surface area contributed by atoms with Crippen LogP contribution in [0.3, 0.4) is 0 Å². The molecule has 0 saturated carbocycles. The van der Waals surface area contributed by atoms with Gasteiger partial charge in [0.15, 0.2) is 6.29 Å². The third-order valence-electron chi connectivity index (χ3n) is 1.95. The number of allylic oxidation sites excluding steroid dienone is 1. The highest BCUT2D eigenvalue weighted by Crippen LogP contribution is 2.25. The van der Waals surface area contributed by atoms with Crippen LogP contribution in [0, 0.1) is 5.92 Å². The van der Waals surface area contributed by atoms with Crippen molar-refractivity contribution in [1.82, 2.24) is 0 Å². The van der Waals surface area contributed by atoms with Crippen molar-refractivity contribution in [2.45, 2.75) is 18.8 Å². The second kappa shape index (κ2) is 3.85. The molecule has 0 amide bonds. The van der Waals surface area contributed by atoms with Crippen LogP contribution in [-0.2, 0) is 9.47 Å². The molecular weight excluding hydrogens is 144 g/mol. The minimum Gasteiger partial charge on any atom is -0.390 e. The molecule has 0 aliphatic carbocycles. The highest BCUT2D eigenvalue weighted by Gasteiger charge is 2.34. The molecule has 1 heterocycles. The minimum atomic E-state index is -0.405. The Labute approximate surface area is 66.6 Å². The van der Waals surface area contributed by atoms with Gasteiger partial charge in [-0.1, -0.05) is 6.08 Å². The van der Waals surface area contributed by atoms with Crippen molar-refractivity contribution < 1.29 is 14.6 Å². The average Bonchev–Trinajstić information content (AvgIpc) is 2.34. The lowest BCUT2D eigenvalue weighted by molar-refractivity contribution is -0.109. The lowest BCUT2D eigenvalue weighted by atomic mass is 10.0. The van der Waals surface area contributed by atoms with Gasteiger partial charge >= 0.3 is 0 Å². The number of hydrogen-bond donors (Lipinski definition) is 1. The SMILES string of the molecule is C=CCC1C(O)COC1OC. The number of rotatable bonds is 3. The van der Waals surface area contributed by atoms with Crippen molar-refractivity contribution in [1.29, 1.82) is 0 Å². The van der Waals surface area contributed by atoms with E-state index in [4.69, 9.17) is 9.47 Å². The van der Waals surface area contributed by atoms with Gasteiger partial charge in [0, 0.05) is 13.0 Å². The van der Waals surface area contributed by atoms with Crippen LogP contribution in [0.1, 0.15) is 6.42 Å². The molecule has 1 aliphatic rings. The van der Waals surface area contributed by atoms with Crippen LogP contribution >= 0.6 is 0 Å². The molecule has 0 aromatic rings. The van der Waals surface area contributed by atoms with E-state index in [-0.39, 0.29) is 12.2 Å². The number of hydrogen-bond acceptors (Lipinski definition) is 3. The number of aliphatic hydroxyl groups excluding tert-OH is 1. The van der Waals surface area contributed by atoms with Gasteiger partial charge in [-0.15, -0.1) is 6.58 Å². The van der Waals surface area contributed by atoms with E-state index in [1.54, 1.807) is 13.2 Å². The summed E-state index contributed by atoms with van der Waals surface area (Å²) in [4.78, 5) is 0. The van der Waals surface area contributed by atoms with E-state index in [0.717, 1.165) is 6.42 Å². The molecule has 11 heavy (non-hydrogen) atoms. The van der Waals surface area contributed by atoms with E-state index < -0.39 is 6.10 Å². The first-order valence-electron chi connectivity index (χ1n) is 3.73. The Morgan fingerprint density at radius 3 is 3.09 bits per heavy atom. The fourth-order valence-electron chi connectivity index (χ4n) is 1.33. The Morgan fingerprint density at radius 2 is 2.55 bits per heavy atom. The summed E-state index contributed by atoms with van der Waals surface area (Å²) in [6, 6.07) is 0. The van der Waals surface area contributed by atoms with Crippen LogP contribution in [0.15, 0.2) is 12.7 Å². The van der Waals surface area contributed by atoms with Gasteiger partial charge in [0.2, 0.25) is 0 Å². The summed E-state index contributed by atoms with van der Waals surface area (Å²) in [5, 5.41) is 9.37. The van der Waals surface area contributed by atoms with Gasteiger partial charge in [-0.25, -0.2) is 0 Å². The van der Waals surface area contributed by atoms with Gasteiger partial charge in [-0.2, -0.15) is 0 Å². The smallest absolute Gasteiger partial charge is 0.162 e. The topological polar surface area (TPSA) is 38.7 Å². The van der Waals surface area contributed by atoms with Crippen molar-refractivity contribution in [2.75, 3.05) is 13.7 Å². The Kier molecular flexibility index (Phi) is 3.05. The molecule has 0 aromatic carbocycles. The van der Waals surface area contributed by atoms with Crippen LogP contribution in [0.2, 0.25) is 0 Å². The predicted molar refractivity (Wildman–Crippen MR) is 41.1 cm³/mol. The maximum Gasteiger partial charge on any atom is 0.162 e. The van der Waals surface area contributed by atoms with Crippen LogP contribution in [-0.4, -0.2) is 31.2 Å². The monoisotopic (exact) mass is 158 g/mol. The fourth-order valence-corrected chi connectivity index (χ4v) is 1.33. The maximum absolute atomic E-state index is 9.37. The fraction of sp³-hybridized carbons (Fsp3) is 0.750. The first-order valence-corrected chi connectivity index (χ1v) is 3.73. The van der Waals surface area contributed by atoms with E-state index in [2.05, 4.69) is 6.58 Å². The van der Waals surface area contributed by atoms with E-state index in [9.17, 15) is 5.11 Å². The van der Waals surface area contributed by atoms with Crippen LogP contribution in [0.4, 0.5) is 0 Å². The molecule has 1 aliphatic heterocycles. The van der Waals surface area contributed by atoms with Gasteiger partial charge in [0.1, 0.15) is 0 Å². The van der Waals surface area contributed by atoms with Crippen molar-refractivity contribution in [2.24, 2.45) is 5.92 Å². The van der Waals surface area contributed by atoms with Crippen molar-refractivity contribution in [3.8, 4) is 0 Å². The normalized spacial score (nSPS) is 37.5. The highest BCUT2D eigenvalue weighted by atomic mass is 16.7. The molecule has 0 aromatic heterocycles. The lowest BCUT2D eigenvalue weighted by Gasteiger charge is -2.16. The molecule has 0 spiro atoms. The van der Waals surface area contributed by atoms with Crippen molar-refractivity contribution in [3.63, 3.8) is 0 Å². The summed E-state index contributed by atoms with van der Waals surface area (Å²) in [7, 11) is 1.58. The summed E-state index contributed by atoms with van der Waals surface area (Å²) in [5.74, 6) is 0.0532. The second-order valence-corrected chi connectivity index (χ2v) is 2.69. The molecule has 3 unspecified atom stereocenters. The molecule has 3 nitrogen and oxygen atoms in total. The second-order valence-electron chi connectivity index (χ2n) is 2.69. The summed E-state index contributed by atoms with van der Waals surface area (Å²) < 4.78 is 10.2. The Bertz CT molecular complexity index is 135. The van der Waals surface area contributed by atoms with Gasteiger partial charge in [0.25, 0.3) is 0 Å². The van der Waals surface area contributed by atoms with Crippen LogP contribution in [0.5, 0.6) is 0 Å². The lowest BCUT2D eigenvalue weighted by Crippen LogP contribution is -2.24. The summed E-state index contributed by atoms with van der Waals surface area (Å²) in [6.07, 6.45) is 1.84. The Balaban J connectivity index is 2.48. The zero-order chi connectivity index (χ0) is 8.27. The van der Waals surface area contributed by atoms with Gasteiger partial charge in [0.05, 0.1) is 12.7 Å². The molecule has 0 bridgehead atoms. The van der Waals surface area contributed by atoms with Gasteiger partial charge in [-0.3, -0.25) is 0 Å². The zero-order valence-electron chi connectivity index (χ0n) is 6.69. The van der Waals surface area contributed by atoms with Crippen molar-refractivity contribution in [3.05, 3.63) is 12.7 Å². The quantitative estimate of drug-likeness (QED) is 0.609. The third-order valence-corrected chi connectivity index (χ3v) is 1.95. The third kappa shape index (κ3) is 1.80. The van der Waals surface area contributed by atoms with Crippen molar-refractivity contribution >= 4 is 0 Å². The molecule has 3 heteroatoms. The molecule has 1 fully saturated rings. The molecule has 3 atom stereocenters. The number of methoxy groups -OCH3 is 1. The number of ether oxygens (including phenoxy) is 2. The molecule has 64 valence electrons. The van der Waals surface area contributed by atoms with Gasteiger partial charge < -0.3 is 14.6 Å². The van der Waals surface area contributed by atoms with Crippen LogP contribution in [0.25, 0.3) is 0 Å². The summed E-state index contributed by atoms with van der Waals surface area (Å²) in [6.45, 7) is 3.98. The average molecular weight is 158 g/mol. The first kappa shape index (κ1) is 8.71. The standard InChI is InChI=1S/C8H14O3/c1-3-4-6-7(9)5-11-8(6)10-2/h3,6-9H,1,4-5H2,2H3. The number of aliphatic hydroxyl groups is 1. The van der Waals surface area contributed by atoms with E-state index >= 15 is 0 Å². The summed E-state index contributed by atoms with van der Waals surface area (Å²) >= 11 is 0. The first-order chi connectivity index (χ1) is 5.29. The van der Waals surface area contributed by atoms with E-state index in [0.29, 0.717) is 6.61 Å². The van der Waals surface area contributed by atoms with E-state index in [1.165, 1.54) is 0 Å². The van der Waals surface area contributed by atoms with E-state index in [1.807, 2.05) is 0 Å². The minimum absolute atomic E-state index is 0.0532. The molecular formula is C8H14O3. The van der Waals surface area contributed by atoms with Gasteiger partial charge in [-0.05, 0) is 6.42 Å². The highest BCUT2D eigenvalue weighted by molar-refractivity contribution is 4.84. The molecule has 1 rings (SSSR count). The Morgan fingerprint density at radius 1 is 1.82 bits per heavy atom. The van der Waals surface area contributed by atoms with Crippen LogP contribution < -0.4 is 0 Å². The zero-order valence-corrected chi connectivity index (χ0v) is 6.69. The largest absolute Gasteiger partial charge is 0.390 e. The summed E-state index contributed by atoms with van der Waals surface area (Å²) in [5.41, 5.74) is 0. The maximum atomic E-state index is 9.37. The molecule has 1 N–H and O–H groups in total. The molecule has 1 saturated heterocycles. The predicted octanol–water partition coefficient (Wildman–Crippen LogP) is 0.542. The molecule has 0 radical (unpaired) electrons. The Hall–Kier alpha value is -0.380.